The minimum Gasteiger partial charge on any atom is -0.424 e. The maximum atomic E-state index is 13.0. The number of rotatable bonds is 4. The summed E-state index contributed by atoms with van der Waals surface area (Å²) >= 11 is 1.64. The Morgan fingerprint density at radius 2 is 2.26 bits per heavy atom. The van der Waals surface area contributed by atoms with E-state index in [1.807, 2.05) is 12.3 Å². The summed E-state index contributed by atoms with van der Waals surface area (Å²) in [6.45, 7) is 2.66. The van der Waals surface area contributed by atoms with E-state index in [-0.39, 0.29) is 5.82 Å². The number of anilines is 1. The number of halogens is 1. The summed E-state index contributed by atoms with van der Waals surface area (Å²) < 4.78 is 18.5. The van der Waals surface area contributed by atoms with Gasteiger partial charge in [-0.05, 0) is 19.1 Å². The van der Waals surface area contributed by atoms with Crippen LogP contribution in [0.15, 0.2) is 28.0 Å². The van der Waals surface area contributed by atoms with Gasteiger partial charge in [0.05, 0.1) is 10.7 Å². The molecule has 0 bridgehead atoms. The van der Waals surface area contributed by atoms with Crippen LogP contribution in [0.3, 0.4) is 0 Å². The smallest absolute Gasteiger partial charge is 0.295 e. The van der Waals surface area contributed by atoms with E-state index < -0.39 is 0 Å². The Labute approximate surface area is 113 Å². The van der Waals surface area contributed by atoms with Crippen molar-refractivity contribution in [2.45, 2.75) is 13.3 Å². The number of oxazole rings is 1. The molecule has 0 radical (unpaired) electrons. The zero-order chi connectivity index (χ0) is 13.2. The van der Waals surface area contributed by atoms with Gasteiger partial charge < -0.3 is 9.73 Å². The first-order valence-electron chi connectivity index (χ1n) is 5.92. The molecule has 4 nitrogen and oxygen atoms in total. The summed E-state index contributed by atoms with van der Waals surface area (Å²) in [6.07, 6.45) is 0.803. The molecule has 3 aromatic rings. The van der Waals surface area contributed by atoms with Crippen molar-refractivity contribution in [3.05, 3.63) is 40.1 Å². The number of nitrogens with one attached hydrogen (secondary N) is 1. The molecule has 0 amide bonds. The third-order valence-electron chi connectivity index (χ3n) is 2.67. The first-order chi connectivity index (χ1) is 9.20. The standard InChI is InChI=1S/C13H12FN3OS/c1-8-16-10(7-19-8)4-5-15-13-17-11-6-9(14)2-3-12(11)18-13/h2-3,6-7H,4-5H2,1H3,(H,15,17). The van der Waals surface area contributed by atoms with Crippen LogP contribution in [-0.2, 0) is 6.42 Å². The molecule has 2 aromatic heterocycles. The molecule has 3 rings (SSSR count). The van der Waals surface area contributed by atoms with Gasteiger partial charge >= 0.3 is 0 Å². The molecule has 0 aliphatic carbocycles. The van der Waals surface area contributed by atoms with Crippen molar-refractivity contribution in [3.8, 4) is 0 Å². The van der Waals surface area contributed by atoms with Crippen LogP contribution >= 0.6 is 11.3 Å². The van der Waals surface area contributed by atoms with Gasteiger partial charge in [0, 0.05) is 24.4 Å². The number of fused-ring (bicyclic) bond motifs is 1. The normalized spacial score (nSPS) is 11.1. The molecule has 98 valence electrons. The Morgan fingerprint density at radius 3 is 3.05 bits per heavy atom. The minimum absolute atomic E-state index is 0.315. The second-order valence-corrected chi connectivity index (χ2v) is 5.23. The van der Waals surface area contributed by atoms with Crippen LogP contribution in [0, 0.1) is 12.7 Å². The second-order valence-electron chi connectivity index (χ2n) is 4.17. The van der Waals surface area contributed by atoms with E-state index in [0.717, 1.165) is 17.1 Å². The van der Waals surface area contributed by atoms with E-state index in [1.54, 1.807) is 17.4 Å². The molecule has 2 heterocycles. The third-order valence-corrected chi connectivity index (χ3v) is 3.50. The number of hydrogen-bond donors (Lipinski definition) is 1. The van der Waals surface area contributed by atoms with Crippen molar-refractivity contribution in [1.82, 2.24) is 9.97 Å². The van der Waals surface area contributed by atoms with Gasteiger partial charge in [-0.25, -0.2) is 9.37 Å². The number of benzene rings is 1. The molecule has 0 saturated carbocycles. The van der Waals surface area contributed by atoms with Gasteiger partial charge in [0.15, 0.2) is 5.58 Å². The highest BCUT2D eigenvalue weighted by molar-refractivity contribution is 7.09. The Bertz CT molecular complexity index is 707. The van der Waals surface area contributed by atoms with Crippen molar-refractivity contribution in [1.29, 1.82) is 0 Å². The van der Waals surface area contributed by atoms with Crippen LogP contribution in [-0.4, -0.2) is 16.5 Å². The highest BCUT2D eigenvalue weighted by Crippen LogP contribution is 2.19. The zero-order valence-electron chi connectivity index (χ0n) is 10.3. The van der Waals surface area contributed by atoms with E-state index in [4.69, 9.17) is 4.42 Å². The lowest BCUT2D eigenvalue weighted by Crippen LogP contribution is -2.05. The van der Waals surface area contributed by atoms with Crippen molar-refractivity contribution in [2.75, 3.05) is 11.9 Å². The lowest BCUT2D eigenvalue weighted by molar-refractivity contribution is 0.610. The lowest BCUT2D eigenvalue weighted by Gasteiger charge is -1.98. The molecule has 0 unspecified atom stereocenters. The molecule has 0 aliphatic rings. The molecule has 0 fully saturated rings. The van der Waals surface area contributed by atoms with Crippen LogP contribution < -0.4 is 5.32 Å². The molecular formula is C13H12FN3OS. The second kappa shape index (κ2) is 4.97. The third kappa shape index (κ3) is 2.73. The Balaban J connectivity index is 1.65. The maximum absolute atomic E-state index is 13.0. The lowest BCUT2D eigenvalue weighted by atomic mass is 10.3. The Morgan fingerprint density at radius 1 is 1.37 bits per heavy atom. The molecule has 19 heavy (non-hydrogen) atoms. The summed E-state index contributed by atoms with van der Waals surface area (Å²) in [5.41, 5.74) is 2.15. The topological polar surface area (TPSA) is 51.0 Å². The zero-order valence-corrected chi connectivity index (χ0v) is 11.1. The van der Waals surface area contributed by atoms with Gasteiger partial charge in [-0.3, -0.25) is 0 Å². The molecular weight excluding hydrogens is 265 g/mol. The van der Waals surface area contributed by atoms with Crippen molar-refractivity contribution in [3.63, 3.8) is 0 Å². The molecule has 1 N–H and O–H groups in total. The van der Waals surface area contributed by atoms with Crippen molar-refractivity contribution >= 4 is 28.5 Å². The van der Waals surface area contributed by atoms with Crippen LogP contribution in [0.2, 0.25) is 0 Å². The average molecular weight is 277 g/mol. The number of thiazole rings is 1. The van der Waals surface area contributed by atoms with Gasteiger partial charge in [-0.15, -0.1) is 11.3 Å². The van der Waals surface area contributed by atoms with Crippen LogP contribution in [0.1, 0.15) is 10.7 Å². The summed E-state index contributed by atoms with van der Waals surface area (Å²) in [5.74, 6) is -0.315. The molecule has 0 atom stereocenters. The fraction of sp³-hybridized carbons (Fsp3) is 0.231. The van der Waals surface area contributed by atoms with Gasteiger partial charge in [0.25, 0.3) is 6.01 Å². The molecule has 1 aromatic carbocycles. The highest BCUT2D eigenvalue weighted by Gasteiger charge is 2.06. The quantitative estimate of drug-likeness (QED) is 0.794. The fourth-order valence-electron chi connectivity index (χ4n) is 1.80. The molecule has 0 aliphatic heterocycles. The summed E-state index contributed by atoms with van der Waals surface area (Å²) in [6, 6.07) is 4.70. The van der Waals surface area contributed by atoms with E-state index in [2.05, 4.69) is 15.3 Å². The van der Waals surface area contributed by atoms with Gasteiger partial charge in [-0.2, -0.15) is 4.98 Å². The average Bonchev–Trinajstić information content (AvgIpc) is 2.95. The molecule has 0 saturated heterocycles. The Kier molecular flexibility index (Phi) is 3.16. The Hall–Kier alpha value is -1.95. The van der Waals surface area contributed by atoms with E-state index in [9.17, 15) is 4.39 Å². The van der Waals surface area contributed by atoms with Crippen molar-refractivity contribution in [2.24, 2.45) is 0 Å². The van der Waals surface area contributed by atoms with Gasteiger partial charge in [0.2, 0.25) is 0 Å². The summed E-state index contributed by atoms with van der Waals surface area (Å²) in [4.78, 5) is 8.55. The molecule has 0 spiro atoms. The van der Waals surface area contributed by atoms with Crippen LogP contribution in [0.4, 0.5) is 10.4 Å². The number of aromatic nitrogens is 2. The minimum atomic E-state index is -0.315. The maximum Gasteiger partial charge on any atom is 0.295 e. The fourth-order valence-corrected chi connectivity index (χ4v) is 2.44. The number of nitrogens with zero attached hydrogens (tertiary/aromatic N) is 2. The largest absolute Gasteiger partial charge is 0.424 e. The highest BCUT2D eigenvalue weighted by atomic mass is 32.1. The predicted octanol–water partition coefficient (Wildman–Crippen LogP) is 3.39. The van der Waals surface area contributed by atoms with Gasteiger partial charge in [0.1, 0.15) is 11.3 Å². The van der Waals surface area contributed by atoms with E-state index in [0.29, 0.717) is 23.7 Å². The van der Waals surface area contributed by atoms with Gasteiger partial charge in [-0.1, -0.05) is 0 Å². The monoisotopic (exact) mass is 277 g/mol. The van der Waals surface area contributed by atoms with E-state index >= 15 is 0 Å². The number of hydrogen-bond acceptors (Lipinski definition) is 5. The predicted molar refractivity (Wildman–Crippen MR) is 73.0 cm³/mol. The van der Waals surface area contributed by atoms with Crippen LogP contribution in [0.25, 0.3) is 11.1 Å². The SMILES string of the molecule is Cc1nc(CCNc2nc3cc(F)ccc3o2)cs1. The summed E-state index contributed by atoms with van der Waals surface area (Å²) in [7, 11) is 0. The first kappa shape index (κ1) is 12.1. The molecule has 6 heteroatoms. The van der Waals surface area contributed by atoms with Crippen molar-refractivity contribution < 1.29 is 8.81 Å². The van der Waals surface area contributed by atoms with Crippen LogP contribution in [0.5, 0.6) is 0 Å². The number of aryl methyl sites for hydroxylation is 1. The first-order valence-corrected chi connectivity index (χ1v) is 6.79. The van der Waals surface area contributed by atoms with E-state index in [1.165, 1.54) is 12.1 Å². The summed E-state index contributed by atoms with van der Waals surface area (Å²) in [5, 5.41) is 6.18.